The summed E-state index contributed by atoms with van der Waals surface area (Å²) in [5, 5.41) is 0. The SMILES string of the molecule is CC(N)CN(C)C1CCC12CCCC2. The van der Waals surface area contributed by atoms with Crippen LogP contribution in [0.2, 0.25) is 0 Å². The van der Waals surface area contributed by atoms with E-state index in [0.717, 1.165) is 12.6 Å². The molecule has 82 valence electrons. The van der Waals surface area contributed by atoms with Crippen LogP contribution in [0.3, 0.4) is 0 Å². The Hall–Kier alpha value is -0.0800. The minimum Gasteiger partial charge on any atom is -0.327 e. The molecule has 0 aromatic carbocycles. The third kappa shape index (κ3) is 1.70. The van der Waals surface area contributed by atoms with E-state index in [-0.39, 0.29) is 0 Å². The minimum absolute atomic E-state index is 0.319. The van der Waals surface area contributed by atoms with E-state index >= 15 is 0 Å². The highest BCUT2D eigenvalue weighted by atomic mass is 15.2. The summed E-state index contributed by atoms with van der Waals surface area (Å²) in [4.78, 5) is 2.51. The van der Waals surface area contributed by atoms with E-state index in [9.17, 15) is 0 Å². The summed E-state index contributed by atoms with van der Waals surface area (Å²) >= 11 is 0. The molecular formula is C12H24N2. The maximum atomic E-state index is 5.86. The van der Waals surface area contributed by atoms with Gasteiger partial charge in [-0.25, -0.2) is 0 Å². The van der Waals surface area contributed by atoms with Crippen molar-refractivity contribution in [1.82, 2.24) is 4.90 Å². The molecule has 2 nitrogen and oxygen atoms in total. The largest absolute Gasteiger partial charge is 0.327 e. The Bertz CT molecular complexity index is 194. The van der Waals surface area contributed by atoms with Gasteiger partial charge in [-0.1, -0.05) is 12.8 Å². The third-order valence-corrected chi connectivity index (χ3v) is 4.33. The van der Waals surface area contributed by atoms with Crippen LogP contribution in [0, 0.1) is 5.41 Å². The van der Waals surface area contributed by atoms with Crippen molar-refractivity contribution in [2.75, 3.05) is 13.6 Å². The first-order chi connectivity index (χ1) is 6.64. The van der Waals surface area contributed by atoms with Crippen molar-refractivity contribution in [2.45, 2.75) is 57.5 Å². The van der Waals surface area contributed by atoms with E-state index in [1.807, 2.05) is 0 Å². The molecule has 2 saturated carbocycles. The van der Waals surface area contributed by atoms with Crippen molar-refractivity contribution in [1.29, 1.82) is 0 Å². The van der Waals surface area contributed by atoms with Gasteiger partial charge in [0.05, 0.1) is 0 Å². The van der Waals surface area contributed by atoms with Crippen LogP contribution in [-0.4, -0.2) is 30.6 Å². The summed E-state index contributed by atoms with van der Waals surface area (Å²) in [6, 6.07) is 1.16. The first-order valence-electron chi connectivity index (χ1n) is 6.10. The molecule has 2 unspecified atom stereocenters. The second-order valence-electron chi connectivity index (χ2n) is 5.54. The Morgan fingerprint density at radius 3 is 2.43 bits per heavy atom. The number of nitrogens with two attached hydrogens (primary N) is 1. The van der Waals surface area contributed by atoms with Gasteiger partial charge < -0.3 is 10.6 Å². The Morgan fingerprint density at radius 1 is 1.36 bits per heavy atom. The normalized spacial score (nSPS) is 32.1. The predicted molar refractivity (Wildman–Crippen MR) is 60.2 cm³/mol. The van der Waals surface area contributed by atoms with Gasteiger partial charge in [-0.3, -0.25) is 0 Å². The highest BCUT2D eigenvalue weighted by Gasteiger charge is 2.49. The zero-order valence-electron chi connectivity index (χ0n) is 9.63. The van der Waals surface area contributed by atoms with E-state index < -0.39 is 0 Å². The Labute approximate surface area is 87.8 Å². The average molecular weight is 196 g/mol. The number of rotatable bonds is 3. The lowest BCUT2D eigenvalue weighted by Crippen LogP contribution is -2.54. The summed E-state index contributed by atoms with van der Waals surface area (Å²) in [5.74, 6) is 0. The third-order valence-electron chi connectivity index (χ3n) is 4.33. The Kier molecular flexibility index (Phi) is 2.85. The molecule has 2 aliphatic carbocycles. The van der Waals surface area contributed by atoms with E-state index in [4.69, 9.17) is 5.73 Å². The van der Waals surface area contributed by atoms with E-state index in [0.29, 0.717) is 11.5 Å². The fourth-order valence-electron chi connectivity index (χ4n) is 3.61. The van der Waals surface area contributed by atoms with Crippen molar-refractivity contribution >= 4 is 0 Å². The second-order valence-corrected chi connectivity index (χ2v) is 5.54. The Morgan fingerprint density at radius 2 is 2.00 bits per heavy atom. The van der Waals surface area contributed by atoms with Crippen LogP contribution in [0.4, 0.5) is 0 Å². The van der Waals surface area contributed by atoms with E-state index in [1.54, 1.807) is 0 Å². The van der Waals surface area contributed by atoms with Crippen molar-refractivity contribution in [3.63, 3.8) is 0 Å². The van der Waals surface area contributed by atoms with Crippen molar-refractivity contribution < 1.29 is 0 Å². The molecular weight excluding hydrogens is 172 g/mol. The molecule has 2 rings (SSSR count). The van der Waals surface area contributed by atoms with Gasteiger partial charge in [0.15, 0.2) is 0 Å². The standard InChI is InChI=1S/C12H24N2/c1-10(13)9-14(2)11-5-8-12(11)6-3-4-7-12/h10-11H,3-9,13H2,1-2H3. The zero-order chi connectivity index (χ0) is 10.2. The average Bonchev–Trinajstić information content (AvgIpc) is 2.49. The smallest absolute Gasteiger partial charge is 0.0149 e. The summed E-state index contributed by atoms with van der Waals surface area (Å²) < 4.78 is 0. The molecule has 1 spiro atoms. The topological polar surface area (TPSA) is 29.3 Å². The van der Waals surface area contributed by atoms with Crippen LogP contribution in [0.15, 0.2) is 0 Å². The monoisotopic (exact) mass is 196 g/mol. The van der Waals surface area contributed by atoms with Gasteiger partial charge in [-0.15, -0.1) is 0 Å². The van der Waals surface area contributed by atoms with Gasteiger partial charge in [0.2, 0.25) is 0 Å². The molecule has 2 fully saturated rings. The summed E-state index contributed by atoms with van der Waals surface area (Å²) in [6.07, 6.45) is 8.75. The van der Waals surface area contributed by atoms with Gasteiger partial charge in [0, 0.05) is 18.6 Å². The molecule has 0 saturated heterocycles. The van der Waals surface area contributed by atoms with Crippen LogP contribution in [0.25, 0.3) is 0 Å². The molecule has 0 bridgehead atoms. The Balaban J connectivity index is 1.91. The van der Waals surface area contributed by atoms with Gasteiger partial charge in [0.1, 0.15) is 0 Å². The van der Waals surface area contributed by atoms with E-state index in [2.05, 4.69) is 18.9 Å². The highest BCUT2D eigenvalue weighted by Crippen LogP contribution is 2.54. The lowest BCUT2D eigenvalue weighted by Gasteiger charge is -2.52. The van der Waals surface area contributed by atoms with Gasteiger partial charge in [0.25, 0.3) is 0 Å². The summed E-state index contributed by atoms with van der Waals surface area (Å²) in [7, 11) is 2.26. The van der Waals surface area contributed by atoms with Gasteiger partial charge in [-0.05, 0) is 45.1 Å². The highest BCUT2D eigenvalue weighted by molar-refractivity contribution is 5.03. The molecule has 0 aliphatic heterocycles. The number of hydrogen-bond donors (Lipinski definition) is 1. The maximum absolute atomic E-state index is 5.86. The van der Waals surface area contributed by atoms with Crippen LogP contribution in [0.1, 0.15) is 45.4 Å². The molecule has 0 aromatic heterocycles. The molecule has 2 heteroatoms. The van der Waals surface area contributed by atoms with Crippen molar-refractivity contribution in [3.8, 4) is 0 Å². The molecule has 2 N–H and O–H groups in total. The zero-order valence-corrected chi connectivity index (χ0v) is 9.63. The van der Waals surface area contributed by atoms with Crippen LogP contribution < -0.4 is 5.73 Å². The van der Waals surface area contributed by atoms with Crippen LogP contribution >= 0.6 is 0 Å². The molecule has 0 radical (unpaired) electrons. The molecule has 0 aromatic rings. The molecule has 0 heterocycles. The summed E-state index contributed by atoms with van der Waals surface area (Å²) in [6.45, 7) is 3.17. The number of nitrogens with zero attached hydrogens (tertiary/aromatic N) is 1. The van der Waals surface area contributed by atoms with Crippen LogP contribution in [-0.2, 0) is 0 Å². The molecule has 2 atom stereocenters. The molecule has 0 amide bonds. The fraction of sp³-hybridized carbons (Fsp3) is 1.00. The lowest BCUT2D eigenvalue weighted by molar-refractivity contribution is -0.0104. The lowest BCUT2D eigenvalue weighted by atomic mass is 9.62. The minimum atomic E-state index is 0.319. The first-order valence-corrected chi connectivity index (χ1v) is 6.10. The number of hydrogen-bond acceptors (Lipinski definition) is 2. The van der Waals surface area contributed by atoms with Crippen LogP contribution in [0.5, 0.6) is 0 Å². The summed E-state index contributed by atoms with van der Waals surface area (Å²) in [5.41, 5.74) is 6.57. The van der Waals surface area contributed by atoms with Crippen molar-refractivity contribution in [2.24, 2.45) is 11.1 Å². The molecule has 2 aliphatic rings. The van der Waals surface area contributed by atoms with Crippen molar-refractivity contribution in [3.05, 3.63) is 0 Å². The fourth-order valence-corrected chi connectivity index (χ4v) is 3.61. The van der Waals surface area contributed by atoms with Gasteiger partial charge in [-0.2, -0.15) is 0 Å². The predicted octanol–water partition coefficient (Wildman–Crippen LogP) is 1.99. The van der Waals surface area contributed by atoms with Gasteiger partial charge >= 0.3 is 0 Å². The molecule has 14 heavy (non-hydrogen) atoms. The first kappa shape index (κ1) is 10.4. The second kappa shape index (κ2) is 3.82. The maximum Gasteiger partial charge on any atom is 0.0149 e. The van der Waals surface area contributed by atoms with E-state index in [1.165, 1.54) is 38.5 Å². The number of likely N-dealkylation sites (N-methyl/N-ethyl adjacent to an activating group) is 1. The quantitative estimate of drug-likeness (QED) is 0.748.